The molecule has 0 saturated carbocycles. The van der Waals surface area contributed by atoms with E-state index in [-0.39, 0.29) is 11.8 Å². The van der Waals surface area contributed by atoms with Gasteiger partial charge in [-0.2, -0.15) is 0 Å². The van der Waals surface area contributed by atoms with Crippen molar-refractivity contribution in [3.63, 3.8) is 0 Å². The van der Waals surface area contributed by atoms with Gasteiger partial charge in [-0.15, -0.1) is 0 Å². The van der Waals surface area contributed by atoms with Crippen LogP contribution in [-0.2, 0) is 4.79 Å². The van der Waals surface area contributed by atoms with Gasteiger partial charge in [0, 0.05) is 16.9 Å². The molecule has 0 fully saturated rings. The van der Waals surface area contributed by atoms with E-state index in [1.54, 1.807) is 11.8 Å². The van der Waals surface area contributed by atoms with Crippen LogP contribution in [0.3, 0.4) is 0 Å². The van der Waals surface area contributed by atoms with E-state index in [4.69, 9.17) is 4.74 Å². The number of nitrogens with zero attached hydrogens (tertiary/aromatic N) is 1. The second kappa shape index (κ2) is 5.50. The van der Waals surface area contributed by atoms with Crippen molar-refractivity contribution in [3.05, 3.63) is 59.7 Å². The average molecular weight is 310 g/mol. The van der Waals surface area contributed by atoms with Crippen molar-refractivity contribution in [2.24, 2.45) is 4.99 Å². The molecule has 2 heterocycles. The lowest BCUT2D eigenvalue weighted by Gasteiger charge is -2.27. The minimum absolute atomic E-state index is 0.0589. The first-order valence-electron chi connectivity index (χ1n) is 7.17. The number of aliphatic imine (C=N–C) groups is 1. The molecule has 0 saturated heterocycles. The molecule has 0 atom stereocenters. The number of ether oxygens (including phenoxy) is 1. The molecule has 0 bridgehead atoms. The van der Waals surface area contributed by atoms with Crippen LogP contribution in [0, 0.1) is 0 Å². The minimum atomic E-state index is -0.370. The van der Waals surface area contributed by atoms with E-state index in [0.29, 0.717) is 5.17 Å². The Morgan fingerprint density at radius 2 is 1.73 bits per heavy atom. The molecule has 2 aromatic rings. The van der Waals surface area contributed by atoms with E-state index < -0.39 is 0 Å². The Morgan fingerprint density at radius 3 is 2.32 bits per heavy atom. The number of amidine groups is 1. The van der Waals surface area contributed by atoms with Gasteiger partial charge in [-0.25, -0.2) is 0 Å². The quantitative estimate of drug-likeness (QED) is 0.880. The SMILES string of the molecule is O=C(NC1=NCCS1)C1c2ccccc2Oc2ccccc21. The molecule has 1 N–H and O–H groups in total. The van der Waals surface area contributed by atoms with Crippen LogP contribution in [0.2, 0.25) is 0 Å². The van der Waals surface area contributed by atoms with Crippen molar-refractivity contribution < 1.29 is 9.53 Å². The summed E-state index contributed by atoms with van der Waals surface area (Å²) in [6.07, 6.45) is 0. The molecule has 2 aromatic carbocycles. The largest absolute Gasteiger partial charge is 0.457 e. The fourth-order valence-electron chi connectivity index (χ4n) is 2.78. The van der Waals surface area contributed by atoms with E-state index in [2.05, 4.69) is 10.3 Å². The number of nitrogens with one attached hydrogen (secondary N) is 1. The van der Waals surface area contributed by atoms with Gasteiger partial charge < -0.3 is 10.1 Å². The lowest BCUT2D eigenvalue weighted by molar-refractivity contribution is -0.120. The Hall–Kier alpha value is -2.27. The van der Waals surface area contributed by atoms with Crippen molar-refractivity contribution in [2.75, 3.05) is 12.3 Å². The van der Waals surface area contributed by atoms with Crippen LogP contribution >= 0.6 is 11.8 Å². The molecule has 4 nitrogen and oxygen atoms in total. The number of hydrogen-bond acceptors (Lipinski definition) is 4. The van der Waals surface area contributed by atoms with Crippen molar-refractivity contribution in [3.8, 4) is 11.5 Å². The van der Waals surface area contributed by atoms with Gasteiger partial charge in [0.15, 0.2) is 5.17 Å². The van der Waals surface area contributed by atoms with Crippen LogP contribution in [0.15, 0.2) is 53.5 Å². The van der Waals surface area contributed by atoms with Gasteiger partial charge in [-0.3, -0.25) is 9.79 Å². The molecule has 0 unspecified atom stereocenters. The number of thioether (sulfide) groups is 1. The second-order valence-electron chi connectivity index (χ2n) is 5.14. The molecule has 4 rings (SSSR count). The summed E-state index contributed by atoms with van der Waals surface area (Å²) in [5.41, 5.74) is 1.78. The van der Waals surface area contributed by atoms with Crippen molar-refractivity contribution >= 4 is 22.8 Å². The minimum Gasteiger partial charge on any atom is -0.457 e. The number of fused-ring (bicyclic) bond motifs is 2. The van der Waals surface area contributed by atoms with E-state index in [0.717, 1.165) is 34.9 Å². The summed E-state index contributed by atoms with van der Waals surface area (Å²) in [6, 6.07) is 15.4. The predicted octanol–water partition coefficient (Wildman–Crippen LogP) is 3.14. The molecule has 110 valence electrons. The first-order chi connectivity index (χ1) is 10.8. The van der Waals surface area contributed by atoms with Crippen LogP contribution in [0.1, 0.15) is 17.0 Å². The fourth-order valence-corrected chi connectivity index (χ4v) is 3.51. The van der Waals surface area contributed by atoms with Gasteiger partial charge in [0.25, 0.3) is 0 Å². The molecule has 2 aliphatic rings. The topological polar surface area (TPSA) is 50.7 Å². The Bertz CT molecular complexity index is 727. The molecule has 0 spiro atoms. The predicted molar refractivity (Wildman–Crippen MR) is 87.7 cm³/mol. The standard InChI is InChI=1S/C17H14N2O2S/c20-16(19-17-18-9-10-22-17)15-11-5-1-3-7-13(11)21-14-8-4-2-6-12(14)15/h1-8,15H,9-10H2,(H,18,19,20). The molecule has 2 aliphatic heterocycles. The number of carbonyl (C=O) groups excluding carboxylic acids is 1. The van der Waals surface area contributed by atoms with E-state index in [1.807, 2.05) is 48.5 Å². The number of benzene rings is 2. The first kappa shape index (κ1) is 13.4. The lowest BCUT2D eigenvalue weighted by atomic mass is 9.87. The lowest BCUT2D eigenvalue weighted by Crippen LogP contribution is -2.34. The highest BCUT2D eigenvalue weighted by Crippen LogP contribution is 2.43. The summed E-state index contributed by atoms with van der Waals surface area (Å²) >= 11 is 1.58. The van der Waals surface area contributed by atoms with Crippen LogP contribution in [0.25, 0.3) is 0 Å². The monoisotopic (exact) mass is 310 g/mol. The third-order valence-electron chi connectivity index (χ3n) is 3.76. The molecular formula is C17H14N2O2S. The Balaban J connectivity index is 1.75. The van der Waals surface area contributed by atoms with E-state index in [9.17, 15) is 4.79 Å². The van der Waals surface area contributed by atoms with Crippen LogP contribution in [0.5, 0.6) is 11.5 Å². The summed E-state index contributed by atoms with van der Waals surface area (Å²) in [7, 11) is 0. The summed E-state index contributed by atoms with van der Waals surface area (Å²) < 4.78 is 5.91. The zero-order chi connectivity index (χ0) is 14.9. The maximum Gasteiger partial charge on any atom is 0.238 e. The van der Waals surface area contributed by atoms with Crippen molar-refractivity contribution in [1.29, 1.82) is 0 Å². The third-order valence-corrected chi connectivity index (χ3v) is 4.65. The van der Waals surface area contributed by atoms with Gasteiger partial charge in [0.1, 0.15) is 11.5 Å². The zero-order valence-corrected chi connectivity index (χ0v) is 12.6. The highest BCUT2D eigenvalue weighted by molar-refractivity contribution is 8.14. The Labute approximate surface area is 132 Å². The number of amides is 1. The average Bonchev–Trinajstić information content (AvgIpc) is 3.05. The van der Waals surface area contributed by atoms with Gasteiger partial charge >= 0.3 is 0 Å². The smallest absolute Gasteiger partial charge is 0.238 e. The summed E-state index contributed by atoms with van der Waals surface area (Å²) in [4.78, 5) is 17.1. The summed E-state index contributed by atoms with van der Waals surface area (Å²) in [6.45, 7) is 0.765. The summed E-state index contributed by atoms with van der Waals surface area (Å²) in [5.74, 6) is 1.97. The third kappa shape index (κ3) is 2.27. The van der Waals surface area contributed by atoms with Gasteiger partial charge in [-0.1, -0.05) is 48.2 Å². The van der Waals surface area contributed by atoms with E-state index in [1.165, 1.54) is 0 Å². The molecule has 22 heavy (non-hydrogen) atoms. The molecule has 0 radical (unpaired) electrons. The molecule has 5 heteroatoms. The Morgan fingerprint density at radius 1 is 1.09 bits per heavy atom. The molecular weight excluding hydrogens is 296 g/mol. The van der Waals surface area contributed by atoms with Crippen LogP contribution in [0.4, 0.5) is 0 Å². The maximum absolute atomic E-state index is 12.8. The fraction of sp³-hybridized carbons (Fsp3) is 0.176. The number of hydrogen-bond donors (Lipinski definition) is 1. The van der Waals surface area contributed by atoms with Gasteiger partial charge in [-0.05, 0) is 12.1 Å². The van der Waals surface area contributed by atoms with Gasteiger partial charge in [0.05, 0.1) is 12.5 Å². The normalized spacial score (nSPS) is 16.3. The summed E-state index contributed by atoms with van der Waals surface area (Å²) in [5, 5.41) is 3.66. The highest BCUT2D eigenvalue weighted by Gasteiger charge is 2.33. The number of carbonyl (C=O) groups is 1. The van der Waals surface area contributed by atoms with E-state index >= 15 is 0 Å². The molecule has 0 aliphatic carbocycles. The van der Waals surface area contributed by atoms with Crippen molar-refractivity contribution in [2.45, 2.75) is 5.92 Å². The van der Waals surface area contributed by atoms with Gasteiger partial charge in [0.2, 0.25) is 5.91 Å². The van der Waals surface area contributed by atoms with Crippen LogP contribution < -0.4 is 10.1 Å². The van der Waals surface area contributed by atoms with Crippen LogP contribution in [-0.4, -0.2) is 23.4 Å². The Kier molecular flexibility index (Phi) is 3.35. The maximum atomic E-state index is 12.8. The highest BCUT2D eigenvalue weighted by atomic mass is 32.2. The molecule has 0 aromatic heterocycles. The zero-order valence-electron chi connectivity index (χ0n) is 11.8. The number of para-hydroxylation sites is 2. The molecule has 1 amide bonds. The van der Waals surface area contributed by atoms with Crippen molar-refractivity contribution in [1.82, 2.24) is 5.32 Å². The first-order valence-corrected chi connectivity index (χ1v) is 8.15. The number of rotatable bonds is 1. The second-order valence-corrected chi connectivity index (χ2v) is 6.22.